The summed E-state index contributed by atoms with van der Waals surface area (Å²) in [4.78, 5) is 0. The lowest BCUT2D eigenvalue weighted by molar-refractivity contribution is 0.244. The third-order valence-corrected chi connectivity index (χ3v) is 6.21. The van der Waals surface area contributed by atoms with Crippen LogP contribution >= 0.6 is 31.9 Å². The molecule has 0 bridgehead atoms. The Hall–Kier alpha value is -2.14. The summed E-state index contributed by atoms with van der Waals surface area (Å²) in [6.45, 7) is 5.08. The van der Waals surface area contributed by atoms with Crippen LogP contribution in [0.3, 0.4) is 0 Å². The number of allylic oxidation sites excluding steroid dienone is 2. The number of ether oxygens (including phenoxy) is 2. The minimum Gasteiger partial charge on any atom is -0.497 e. The first kappa shape index (κ1) is 28.1. The highest BCUT2D eigenvalue weighted by molar-refractivity contribution is 9.09. The van der Waals surface area contributed by atoms with E-state index in [-0.39, 0.29) is 0 Å². The molecule has 0 aliphatic carbocycles. The summed E-state index contributed by atoms with van der Waals surface area (Å²) in [5, 5.41) is 1.42. The van der Waals surface area contributed by atoms with Crippen LogP contribution in [-0.2, 0) is 0 Å². The second-order valence-corrected chi connectivity index (χ2v) is 8.93. The molecule has 0 spiro atoms. The van der Waals surface area contributed by atoms with Crippen molar-refractivity contribution in [2.24, 2.45) is 5.92 Å². The Bertz CT molecular complexity index is 1020. The van der Waals surface area contributed by atoms with E-state index in [0.717, 1.165) is 48.9 Å². The molecule has 0 radical (unpaired) electrons. The first-order valence-electron chi connectivity index (χ1n) is 11.8. The molecule has 2 aromatic rings. The summed E-state index contributed by atoms with van der Waals surface area (Å²) in [7, 11) is 1.70. The van der Waals surface area contributed by atoms with Crippen LogP contribution in [0.25, 0.3) is 11.1 Å². The molecule has 4 heteroatoms. The van der Waals surface area contributed by atoms with Crippen molar-refractivity contribution < 1.29 is 9.47 Å². The van der Waals surface area contributed by atoms with Crippen molar-refractivity contribution in [2.45, 2.75) is 46.0 Å². The van der Waals surface area contributed by atoms with Gasteiger partial charge in [-0.3, -0.25) is 0 Å². The molecule has 180 valence electrons. The van der Waals surface area contributed by atoms with Gasteiger partial charge in [0.05, 0.1) is 24.4 Å². The number of methoxy groups -OCH3 is 1. The lowest BCUT2D eigenvalue weighted by Crippen LogP contribution is -2.11. The topological polar surface area (TPSA) is 18.5 Å². The highest BCUT2D eigenvalue weighted by Crippen LogP contribution is 2.33. The number of hydrogen-bond acceptors (Lipinski definition) is 2. The monoisotopic (exact) mass is 584 g/mol. The number of benzene rings is 2. The summed E-state index contributed by atoms with van der Waals surface area (Å²) in [6, 6.07) is 16.9. The standard InChI is InChI=1S/C30H34Br2O2/c1-4-29(25-13-17-27(33-3)18-14-25)30(5-2)26-15-19-28(20-16-26)34-23-24(12-8-10-22-32)11-7-6-9-21-31/h13-20,24H,4-5,7,11-12,21-23H2,1-3H3/b30-29+. The summed E-state index contributed by atoms with van der Waals surface area (Å²) in [6.07, 6.45) is 4.62. The van der Waals surface area contributed by atoms with Crippen LogP contribution < -0.4 is 9.47 Å². The molecule has 0 aliphatic heterocycles. The van der Waals surface area contributed by atoms with Gasteiger partial charge in [0.15, 0.2) is 0 Å². The van der Waals surface area contributed by atoms with Crippen LogP contribution in [0, 0.1) is 29.6 Å². The molecule has 1 unspecified atom stereocenters. The zero-order valence-electron chi connectivity index (χ0n) is 20.4. The minimum atomic E-state index is 0.365. The minimum absolute atomic E-state index is 0.365. The van der Waals surface area contributed by atoms with E-state index in [1.165, 1.54) is 22.3 Å². The lowest BCUT2D eigenvalue weighted by Gasteiger charge is -2.17. The molecule has 2 rings (SSSR count). The first-order chi connectivity index (χ1) is 16.7. The predicted octanol–water partition coefficient (Wildman–Crippen LogP) is 8.39. The maximum atomic E-state index is 6.15. The molecule has 0 heterocycles. The molecule has 1 atom stereocenters. The van der Waals surface area contributed by atoms with Gasteiger partial charge in [-0.15, -0.1) is 11.8 Å². The molecule has 0 aromatic heterocycles. The van der Waals surface area contributed by atoms with Gasteiger partial charge in [-0.25, -0.2) is 0 Å². The van der Waals surface area contributed by atoms with E-state index in [1.54, 1.807) is 7.11 Å². The maximum Gasteiger partial charge on any atom is 0.119 e. The van der Waals surface area contributed by atoms with Gasteiger partial charge in [0.1, 0.15) is 11.5 Å². The Morgan fingerprint density at radius 1 is 0.765 bits per heavy atom. The average Bonchev–Trinajstić information content (AvgIpc) is 2.88. The number of halogens is 2. The molecule has 0 fully saturated rings. The largest absolute Gasteiger partial charge is 0.497 e. The Kier molecular flexibility index (Phi) is 13.6. The van der Waals surface area contributed by atoms with Crippen molar-refractivity contribution in [1.29, 1.82) is 0 Å². The molecule has 2 aromatic carbocycles. The van der Waals surface area contributed by atoms with Crippen molar-refractivity contribution in [1.82, 2.24) is 0 Å². The van der Waals surface area contributed by atoms with Gasteiger partial charge in [0.2, 0.25) is 0 Å². The molecular formula is C30H34Br2O2. The normalized spacial score (nSPS) is 11.9. The van der Waals surface area contributed by atoms with E-state index < -0.39 is 0 Å². The number of hydrogen-bond donors (Lipinski definition) is 0. The van der Waals surface area contributed by atoms with Crippen molar-refractivity contribution in [3.63, 3.8) is 0 Å². The third kappa shape index (κ3) is 9.25. The van der Waals surface area contributed by atoms with Crippen LogP contribution in [0.5, 0.6) is 11.5 Å². The lowest BCUT2D eigenvalue weighted by atomic mass is 9.91. The van der Waals surface area contributed by atoms with E-state index in [9.17, 15) is 0 Å². The summed E-state index contributed by atoms with van der Waals surface area (Å²) < 4.78 is 11.5. The van der Waals surface area contributed by atoms with Gasteiger partial charge in [-0.2, -0.15) is 0 Å². The van der Waals surface area contributed by atoms with Crippen LogP contribution in [0.4, 0.5) is 0 Å². The van der Waals surface area contributed by atoms with E-state index in [4.69, 9.17) is 9.47 Å². The van der Waals surface area contributed by atoms with Gasteiger partial charge in [-0.05, 0) is 65.8 Å². The highest BCUT2D eigenvalue weighted by atomic mass is 79.9. The highest BCUT2D eigenvalue weighted by Gasteiger charge is 2.11. The SMILES string of the molecule is CC/C(=C(/CC)c1ccc(OCC(CC#CCBr)CCC#CCBr)cc1)c1ccc(OC)cc1. The van der Waals surface area contributed by atoms with Crippen LogP contribution in [-0.4, -0.2) is 24.4 Å². The summed E-state index contributed by atoms with van der Waals surface area (Å²) >= 11 is 6.72. The van der Waals surface area contributed by atoms with E-state index in [0.29, 0.717) is 17.9 Å². The molecule has 0 aliphatic rings. The second kappa shape index (κ2) is 16.5. The fraction of sp³-hybridized carbons (Fsp3) is 0.400. The van der Waals surface area contributed by atoms with Crippen LogP contribution in [0.15, 0.2) is 48.5 Å². The van der Waals surface area contributed by atoms with Gasteiger partial charge in [-0.1, -0.05) is 81.8 Å². The smallest absolute Gasteiger partial charge is 0.119 e. The first-order valence-corrected chi connectivity index (χ1v) is 14.0. The van der Waals surface area contributed by atoms with Crippen molar-refractivity contribution in [3.8, 4) is 35.2 Å². The zero-order valence-corrected chi connectivity index (χ0v) is 23.6. The molecular weight excluding hydrogens is 552 g/mol. The molecule has 0 N–H and O–H groups in total. The average molecular weight is 586 g/mol. The van der Waals surface area contributed by atoms with Crippen molar-refractivity contribution in [3.05, 3.63) is 59.7 Å². The second-order valence-electron chi connectivity index (χ2n) is 7.81. The third-order valence-electron chi connectivity index (χ3n) is 5.65. The molecule has 2 nitrogen and oxygen atoms in total. The fourth-order valence-electron chi connectivity index (χ4n) is 3.86. The van der Waals surface area contributed by atoms with E-state index in [2.05, 4.69) is 106 Å². The molecule has 0 saturated heterocycles. The Morgan fingerprint density at radius 3 is 1.79 bits per heavy atom. The summed E-state index contributed by atoms with van der Waals surface area (Å²) in [5.74, 6) is 14.7. The van der Waals surface area contributed by atoms with Gasteiger partial charge in [0, 0.05) is 18.8 Å². The maximum absolute atomic E-state index is 6.15. The van der Waals surface area contributed by atoms with Crippen molar-refractivity contribution in [2.75, 3.05) is 24.4 Å². The van der Waals surface area contributed by atoms with Crippen LogP contribution in [0.1, 0.15) is 57.1 Å². The number of alkyl halides is 2. The molecule has 34 heavy (non-hydrogen) atoms. The Balaban J connectivity index is 2.13. The van der Waals surface area contributed by atoms with Gasteiger partial charge in [0.25, 0.3) is 0 Å². The zero-order chi connectivity index (χ0) is 24.6. The number of rotatable bonds is 11. The Labute approximate surface area is 222 Å². The van der Waals surface area contributed by atoms with Gasteiger partial charge < -0.3 is 9.47 Å². The van der Waals surface area contributed by atoms with Crippen LogP contribution in [0.2, 0.25) is 0 Å². The Morgan fingerprint density at radius 2 is 1.29 bits per heavy atom. The fourth-order valence-corrected chi connectivity index (χ4v) is 4.26. The molecule has 0 amide bonds. The van der Waals surface area contributed by atoms with E-state index in [1.807, 2.05) is 12.1 Å². The molecule has 0 saturated carbocycles. The predicted molar refractivity (Wildman–Crippen MR) is 153 cm³/mol. The summed E-state index contributed by atoms with van der Waals surface area (Å²) in [5.41, 5.74) is 5.23. The van der Waals surface area contributed by atoms with E-state index >= 15 is 0 Å². The quantitative estimate of drug-likeness (QED) is 0.150. The van der Waals surface area contributed by atoms with Gasteiger partial charge >= 0.3 is 0 Å². The van der Waals surface area contributed by atoms with Crippen molar-refractivity contribution >= 4 is 43.0 Å².